The van der Waals surface area contributed by atoms with E-state index in [-0.39, 0.29) is 5.91 Å². The highest BCUT2D eigenvalue weighted by Crippen LogP contribution is 2.15. The number of rotatable bonds is 5. The molecular weight excluding hydrogens is 340 g/mol. The maximum Gasteiger partial charge on any atom is 0.254 e. The molecule has 2 heterocycles. The first-order chi connectivity index (χ1) is 13.3. The maximum atomic E-state index is 12.5. The van der Waals surface area contributed by atoms with Crippen LogP contribution >= 0.6 is 0 Å². The van der Waals surface area contributed by atoms with E-state index in [4.69, 9.17) is 4.74 Å². The van der Waals surface area contributed by atoms with Gasteiger partial charge in [-0.1, -0.05) is 18.2 Å². The Morgan fingerprint density at radius 3 is 2.52 bits per heavy atom. The van der Waals surface area contributed by atoms with Gasteiger partial charge in [-0.3, -0.25) is 4.79 Å². The Hall–Kier alpha value is -3.12. The number of nitrogens with one attached hydrogen (secondary N) is 1. The van der Waals surface area contributed by atoms with E-state index in [2.05, 4.69) is 27.0 Å². The summed E-state index contributed by atoms with van der Waals surface area (Å²) in [5.74, 6) is 0.985. The number of anilines is 1. The third-order valence-electron chi connectivity index (χ3n) is 4.63. The van der Waals surface area contributed by atoms with Gasteiger partial charge in [0, 0.05) is 42.4 Å². The molecule has 6 heteroatoms. The lowest BCUT2D eigenvalue weighted by atomic mass is 10.1. The lowest BCUT2D eigenvalue weighted by Crippen LogP contribution is -2.40. The average molecular weight is 362 g/mol. The van der Waals surface area contributed by atoms with E-state index >= 15 is 0 Å². The first-order valence-corrected chi connectivity index (χ1v) is 9.10. The third kappa shape index (κ3) is 4.01. The summed E-state index contributed by atoms with van der Waals surface area (Å²) in [5, 5.41) is 3.37. The highest BCUT2D eigenvalue weighted by Gasteiger charge is 2.18. The molecule has 1 N–H and O–H groups in total. The van der Waals surface area contributed by atoms with Gasteiger partial charge < -0.3 is 19.5 Å². The first kappa shape index (κ1) is 17.3. The molecule has 1 fully saturated rings. The number of ether oxygens (including phenoxy) is 1. The van der Waals surface area contributed by atoms with E-state index in [0.717, 1.165) is 17.2 Å². The number of imidazole rings is 1. The van der Waals surface area contributed by atoms with Crippen molar-refractivity contribution in [2.24, 2.45) is 0 Å². The number of benzene rings is 2. The smallest absolute Gasteiger partial charge is 0.254 e. The summed E-state index contributed by atoms with van der Waals surface area (Å²) >= 11 is 0. The largest absolute Gasteiger partial charge is 0.378 e. The van der Waals surface area contributed by atoms with Crippen LogP contribution in [0.4, 0.5) is 5.69 Å². The molecule has 4 rings (SSSR count). The molecular formula is C21H22N4O2. The van der Waals surface area contributed by atoms with Gasteiger partial charge in [-0.15, -0.1) is 0 Å². The van der Waals surface area contributed by atoms with Crippen molar-refractivity contribution in [3.05, 3.63) is 78.4 Å². The van der Waals surface area contributed by atoms with E-state index in [0.29, 0.717) is 38.4 Å². The Kier molecular flexibility index (Phi) is 5.16. The van der Waals surface area contributed by atoms with Crippen molar-refractivity contribution >= 4 is 11.6 Å². The zero-order valence-electron chi connectivity index (χ0n) is 15.0. The fourth-order valence-corrected chi connectivity index (χ4v) is 3.15. The molecule has 0 radical (unpaired) electrons. The van der Waals surface area contributed by atoms with Crippen molar-refractivity contribution in [1.29, 1.82) is 0 Å². The van der Waals surface area contributed by atoms with Crippen LogP contribution in [-0.2, 0) is 11.3 Å². The second-order valence-electron chi connectivity index (χ2n) is 6.38. The van der Waals surface area contributed by atoms with Crippen LogP contribution in [0.15, 0.2) is 67.0 Å². The van der Waals surface area contributed by atoms with Crippen molar-refractivity contribution in [3.63, 3.8) is 0 Å². The molecule has 27 heavy (non-hydrogen) atoms. The summed E-state index contributed by atoms with van der Waals surface area (Å²) < 4.78 is 7.36. The normalized spacial score (nSPS) is 14.1. The molecule has 0 bridgehead atoms. The summed E-state index contributed by atoms with van der Waals surface area (Å²) in [6, 6.07) is 17.7. The van der Waals surface area contributed by atoms with E-state index in [1.807, 2.05) is 53.6 Å². The Bertz CT molecular complexity index is 884. The summed E-state index contributed by atoms with van der Waals surface area (Å²) in [7, 11) is 0. The number of hydrogen-bond acceptors (Lipinski definition) is 4. The molecule has 0 aliphatic carbocycles. The maximum absolute atomic E-state index is 12.5. The molecule has 1 aliphatic heterocycles. The molecule has 0 saturated carbocycles. The number of nitrogens with zero attached hydrogens (tertiary/aromatic N) is 3. The minimum Gasteiger partial charge on any atom is -0.378 e. The Morgan fingerprint density at radius 1 is 1.04 bits per heavy atom. The van der Waals surface area contributed by atoms with Crippen molar-refractivity contribution in [1.82, 2.24) is 14.5 Å². The Morgan fingerprint density at radius 2 is 1.78 bits per heavy atom. The van der Waals surface area contributed by atoms with Crippen LogP contribution in [-0.4, -0.2) is 46.7 Å². The zero-order valence-corrected chi connectivity index (χ0v) is 15.0. The average Bonchev–Trinajstić information content (AvgIpc) is 3.22. The van der Waals surface area contributed by atoms with Crippen molar-refractivity contribution in [3.8, 4) is 5.69 Å². The molecule has 1 amide bonds. The quantitative estimate of drug-likeness (QED) is 0.758. The van der Waals surface area contributed by atoms with Gasteiger partial charge in [-0.2, -0.15) is 0 Å². The van der Waals surface area contributed by atoms with Gasteiger partial charge in [0.2, 0.25) is 0 Å². The molecule has 1 aromatic heterocycles. The van der Waals surface area contributed by atoms with Crippen molar-refractivity contribution < 1.29 is 9.53 Å². The first-order valence-electron chi connectivity index (χ1n) is 9.10. The van der Waals surface area contributed by atoms with Gasteiger partial charge in [0.1, 0.15) is 5.82 Å². The molecule has 2 aromatic carbocycles. The van der Waals surface area contributed by atoms with Crippen molar-refractivity contribution in [2.45, 2.75) is 6.54 Å². The van der Waals surface area contributed by atoms with E-state index in [1.165, 1.54) is 0 Å². The second kappa shape index (κ2) is 8.05. The molecule has 3 aromatic rings. The summed E-state index contributed by atoms with van der Waals surface area (Å²) in [6.45, 7) is 3.12. The van der Waals surface area contributed by atoms with Crippen molar-refractivity contribution in [2.75, 3.05) is 31.6 Å². The van der Waals surface area contributed by atoms with Crippen LogP contribution in [0.5, 0.6) is 0 Å². The topological polar surface area (TPSA) is 59.4 Å². The number of carbonyl (C=O) groups is 1. The number of hydrogen-bond donors (Lipinski definition) is 1. The number of aromatic nitrogens is 2. The highest BCUT2D eigenvalue weighted by atomic mass is 16.5. The van der Waals surface area contributed by atoms with Crippen LogP contribution in [0.1, 0.15) is 16.2 Å². The van der Waals surface area contributed by atoms with Crippen LogP contribution in [0.2, 0.25) is 0 Å². The van der Waals surface area contributed by atoms with Gasteiger partial charge in [0.25, 0.3) is 5.91 Å². The lowest BCUT2D eigenvalue weighted by molar-refractivity contribution is 0.0303. The van der Waals surface area contributed by atoms with Gasteiger partial charge >= 0.3 is 0 Å². The van der Waals surface area contributed by atoms with Gasteiger partial charge in [0.05, 0.1) is 19.8 Å². The highest BCUT2D eigenvalue weighted by molar-refractivity contribution is 5.94. The standard InChI is InChI=1S/C21H22N4O2/c26-21(24-12-14-27-15-13-24)17-6-8-18(9-7-17)23-16-20-22-10-11-25(20)19-4-2-1-3-5-19/h1-11,23H,12-16H2. The molecule has 1 aliphatic rings. The second-order valence-corrected chi connectivity index (χ2v) is 6.38. The number of para-hydroxylation sites is 1. The SMILES string of the molecule is O=C(c1ccc(NCc2nccn2-c2ccccc2)cc1)N1CCOCC1. The Labute approximate surface area is 158 Å². The fraction of sp³-hybridized carbons (Fsp3) is 0.238. The molecule has 0 unspecified atom stereocenters. The van der Waals surface area contributed by atoms with E-state index < -0.39 is 0 Å². The summed E-state index contributed by atoms with van der Waals surface area (Å²) in [4.78, 5) is 18.8. The number of amides is 1. The molecule has 138 valence electrons. The summed E-state index contributed by atoms with van der Waals surface area (Å²) in [5.41, 5.74) is 2.74. The summed E-state index contributed by atoms with van der Waals surface area (Å²) in [6.07, 6.45) is 3.75. The molecule has 0 atom stereocenters. The fourth-order valence-electron chi connectivity index (χ4n) is 3.15. The van der Waals surface area contributed by atoms with Gasteiger partial charge in [-0.05, 0) is 36.4 Å². The van der Waals surface area contributed by atoms with Crippen LogP contribution < -0.4 is 5.32 Å². The predicted octanol–water partition coefficient (Wildman–Crippen LogP) is 2.96. The lowest BCUT2D eigenvalue weighted by Gasteiger charge is -2.26. The third-order valence-corrected chi connectivity index (χ3v) is 4.63. The van der Waals surface area contributed by atoms with Gasteiger partial charge in [0.15, 0.2) is 0 Å². The molecule has 0 spiro atoms. The van der Waals surface area contributed by atoms with Crippen LogP contribution in [0.25, 0.3) is 5.69 Å². The van der Waals surface area contributed by atoms with E-state index in [1.54, 1.807) is 6.20 Å². The number of carbonyl (C=O) groups excluding carboxylic acids is 1. The minimum absolute atomic E-state index is 0.0597. The van der Waals surface area contributed by atoms with E-state index in [9.17, 15) is 4.79 Å². The zero-order chi connectivity index (χ0) is 18.5. The monoisotopic (exact) mass is 362 g/mol. The van der Waals surface area contributed by atoms with Crippen LogP contribution in [0, 0.1) is 0 Å². The number of morpholine rings is 1. The predicted molar refractivity (Wildman–Crippen MR) is 104 cm³/mol. The van der Waals surface area contributed by atoms with Crippen LogP contribution in [0.3, 0.4) is 0 Å². The van der Waals surface area contributed by atoms with Gasteiger partial charge in [-0.25, -0.2) is 4.98 Å². The Balaban J connectivity index is 1.40. The molecule has 6 nitrogen and oxygen atoms in total. The molecule has 1 saturated heterocycles. The minimum atomic E-state index is 0.0597.